The Morgan fingerprint density at radius 2 is 2.23 bits per heavy atom. The minimum atomic E-state index is -0.166. The zero-order valence-electron chi connectivity index (χ0n) is 13.0. The number of rotatable bonds is 2. The highest BCUT2D eigenvalue weighted by molar-refractivity contribution is 5.88. The molecule has 2 aromatic heterocycles. The van der Waals surface area contributed by atoms with Crippen LogP contribution in [0.2, 0.25) is 0 Å². The summed E-state index contributed by atoms with van der Waals surface area (Å²) in [7, 11) is 4.02. The number of amides is 2. The lowest BCUT2D eigenvalue weighted by Gasteiger charge is -2.38. The average Bonchev–Trinajstić information content (AvgIpc) is 3.08. The first kappa shape index (κ1) is 14.6. The number of carbonyl (C=O) groups excluding carboxylic acids is 1. The van der Waals surface area contributed by atoms with Crippen molar-refractivity contribution in [1.29, 1.82) is 0 Å². The molecule has 8 heteroatoms. The number of anilines is 1. The molecule has 0 aromatic carbocycles. The predicted molar refractivity (Wildman–Crippen MR) is 80.4 cm³/mol. The fourth-order valence-corrected chi connectivity index (χ4v) is 2.65. The van der Waals surface area contributed by atoms with Crippen molar-refractivity contribution in [1.82, 2.24) is 24.5 Å². The first-order chi connectivity index (χ1) is 10.5. The third-order valence-corrected chi connectivity index (χ3v) is 3.95. The molecule has 0 radical (unpaired) electrons. The Kier molecular flexibility index (Phi) is 3.84. The van der Waals surface area contributed by atoms with E-state index in [1.54, 1.807) is 24.1 Å². The second-order valence-corrected chi connectivity index (χ2v) is 5.59. The maximum atomic E-state index is 12.4. The van der Waals surface area contributed by atoms with E-state index in [2.05, 4.69) is 27.4 Å². The Balaban J connectivity index is 1.70. The molecule has 3 rings (SSSR count). The third-order valence-electron chi connectivity index (χ3n) is 3.95. The molecule has 1 aliphatic heterocycles. The molecule has 1 aliphatic rings. The molecule has 2 aromatic rings. The molecule has 1 atom stereocenters. The van der Waals surface area contributed by atoms with E-state index in [0.29, 0.717) is 24.7 Å². The first-order valence-electron chi connectivity index (χ1n) is 7.21. The zero-order valence-corrected chi connectivity index (χ0v) is 13.0. The van der Waals surface area contributed by atoms with E-state index in [9.17, 15) is 4.79 Å². The van der Waals surface area contributed by atoms with Crippen molar-refractivity contribution in [3.63, 3.8) is 0 Å². The van der Waals surface area contributed by atoms with Gasteiger partial charge >= 0.3 is 6.03 Å². The lowest BCUT2D eigenvalue weighted by molar-refractivity contribution is 0.110. The molecule has 0 spiro atoms. The van der Waals surface area contributed by atoms with Gasteiger partial charge in [-0.05, 0) is 14.0 Å². The normalized spacial score (nSPS) is 19.4. The van der Waals surface area contributed by atoms with Gasteiger partial charge in [0, 0.05) is 45.1 Å². The number of carbonyl (C=O) groups is 1. The Hall–Kier alpha value is -2.35. The van der Waals surface area contributed by atoms with E-state index in [4.69, 9.17) is 4.52 Å². The Bertz CT molecular complexity index is 664. The van der Waals surface area contributed by atoms with Crippen LogP contribution >= 0.6 is 0 Å². The molecular weight excluding hydrogens is 284 g/mol. The number of imidazole rings is 1. The van der Waals surface area contributed by atoms with Gasteiger partial charge in [0.1, 0.15) is 11.6 Å². The fraction of sp³-hybridized carbons (Fsp3) is 0.500. The highest BCUT2D eigenvalue weighted by atomic mass is 16.5. The summed E-state index contributed by atoms with van der Waals surface area (Å²) in [6.07, 6.45) is 3.70. The Labute approximate surface area is 128 Å². The highest BCUT2D eigenvalue weighted by Crippen LogP contribution is 2.22. The standard InChI is InChI=1S/C14H20N6O2/c1-10-8-12(17-22-10)16-14(21)20-7-6-18(2)11(9-20)13-15-4-5-19(13)3/h4-5,8,11H,6-7,9H2,1-3H3,(H,16,17,21)/t11-/m0/s1. The molecular formula is C14H20N6O2. The monoisotopic (exact) mass is 304 g/mol. The number of aryl methyl sites for hydroxylation is 2. The molecule has 118 valence electrons. The number of likely N-dealkylation sites (N-methyl/N-ethyl adjacent to an activating group) is 1. The number of nitrogens with zero attached hydrogens (tertiary/aromatic N) is 5. The molecule has 8 nitrogen and oxygen atoms in total. The quantitative estimate of drug-likeness (QED) is 0.903. The van der Waals surface area contributed by atoms with E-state index in [0.717, 1.165) is 12.4 Å². The van der Waals surface area contributed by atoms with Gasteiger partial charge in [0.05, 0.1) is 6.04 Å². The lowest BCUT2D eigenvalue weighted by Crippen LogP contribution is -2.50. The average molecular weight is 304 g/mol. The summed E-state index contributed by atoms with van der Waals surface area (Å²) >= 11 is 0. The minimum Gasteiger partial charge on any atom is -0.360 e. The van der Waals surface area contributed by atoms with E-state index in [1.165, 1.54) is 0 Å². The largest absolute Gasteiger partial charge is 0.360 e. The summed E-state index contributed by atoms with van der Waals surface area (Å²) in [5.41, 5.74) is 0. The van der Waals surface area contributed by atoms with Crippen LogP contribution in [0.4, 0.5) is 10.6 Å². The topological polar surface area (TPSA) is 79.4 Å². The molecule has 1 N–H and O–H groups in total. The number of aromatic nitrogens is 3. The van der Waals surface area contributed by atoms with Gasteiger partial charge in [-0.25, -0.2) is 9.78 Å². The van der Waals surface area contributed by atoms with Gasteiger partial charge in [0.25, 0.3) is 0 Å². The minimum absolute atomic E-state index is 0.0820. The molecule has 22 heavy (non-hydrogen) atoms. The second-order valence-electron chi connectivity index (χ2n) is 5.59. The number of hydrogen-bond donors (Lipinski definition) is 1. The van der Waals surface area contributed by atoms with Crippen LogP contribution in [-0.2, 0) is 7.05 Å². The maximum Gasteiger partial charge on any atom is 0.323 e. The van der Waals surface area contributed by atoms with E-state index in [1.807, 2.05) is 17.8 Å². The SMILES string of the molecule is Cc1cc(NC(=O)N2CCN(C)[C@H](c3nccn3C)C2)no1. The van der Waals surface area contributed by atoms with Crippen LogP contribution in [0.3, 0.4) is 0 Å². The summed E-state index contributed by atoms with van der Waals surface area (Å²) in [6, 6.07) is 1.61. The van der Waals surface area contributed by atoms with Gasteiger partial charge < -0.3 is 14.0 Å². The highest BCUT2D eigenvalue weighted by Gasteiger charge is 2.30. The van der Waals surface area contributed by atoms with Crippen molar-refractivity contribution in [2.45, 2.75) is 13.0 Å². The molecule has 2 amide bonds. The summed E-state index contributed by atoms with van der Waals surface area (Å²) in [5.74, 6) is 2.06. The summed E-state index contributed by atoms with van der Waals surface area (Å²) in [5, 5.41) is 6.55. The van der Waals surface area contributed by atoms with Crippen molar-refractivity contribution in [3.05, 3.63) is 30.0 Å². The first-order valence-corrected chi connectivity index (χ1v) is 7.21. The van der Waals surface area contributed by atoms with Gasteiger partial charge in [-0.15, -0.1) is 0 Å². The molecule has 0 unspecified atom stereocenters. The van der Waals surface area contributed by atoms with Crippen molar-refractivity contribution < 1.29 is 9.32 Å². The van der Waals surface area contributed by atoms with Gasteiger partial charge in [0.2, 0.25) is 0 Å². The van der Waals surface area contributed by atoms with Gasteiger partial charge in [-0.3, -0.25) is 10.2 Å². The van der Waals surface area contributed by atoms with Crippen LogP contribution in [0.5, 0.6) is 0 Å². The van der Waals surface area contributed by atoms with Crippen molar-refractivity contribution in [2.75, 3.05) is 32.0 Å². The maximum absolute atomic E-state index is 12.4. The molecule has 1 saturated heterocycles. The van der Waals surface area contributed by atoms with E-state index >= 15 is 0 Å². The number of piperazine rings is 1. The number of nitrogens with one attached hydrogen (secondary N) is 1. The molecule has 0 saturated carbocycles. The smallest absolute Gasteiger partial charge is 0.323 e. The second kappa shape index (κ2) is 5.80. The molecule has 1 fully saturated rings. The number of hydrogen-bond acceptors (Lipinski definition) is 5. The molecule has 0 bridgehead atoms. The summed E-state index contributed by atoms with van der Waals surface area (Å²) < 4.78 is 6.95. The Morgan fingerprint density at radius 3 is 2.86 bits per heavy atom. The van der Waals surface area contributed by atoms with Crippen molar-refractivity contribution in [3.8, 4) is 0 Å². The van der Waals surface area contributed by atoms with Crippen LogP contribution in [0, 0.1) is 6.92 Å². The van der Waals surface area contributed by atoms with Gasteiger partial charge in [0.15, 0.2) is 5.82 Å². The van der Waals surface area contributed by atoms with Crippen LogP contribution in [0.25, 0.3) is 0 Å². The van der Waals surface area contributed by atoms with E-state index < -0.39 is 0 Å². The fourth-order valence-electron chi connectivity index (χ4n) is 2.65. The van der Waals surface area contributed by atoms with Crippen LogP contribution in [0.1, 0.15) is 17.6 Å². The lowest BCUT2D eigenvalue weighted by atomic mass is 10.1. The number of urea groups is 1. The third kappa shape index (κ3) is 2.82. The van der Waals surface area contributed by atoms with E-state index in [-0.39, 0.29) is 12.1 Å². The van der Waals surface area contributed by atoms with Crippen molar-refractivity contribution in [2.24, 2.45) is 7.05 Å². The Morgan fingerprint density at radius 1 is 1.41 bits per heavy atom. The zero-order chi connectivity index (χ0) is 15.7. The van der Waals surface area contributed by atoms with Gasteiger partial charge in [-0.2, -0.15) is 0 Å². The van der Waals surface area contributed by atoms with Crippen LogP contribution in [0.15, 0.2) is 23.0 Å². The van der Waals surface area contributed by atoms with Crippen molar-refractivity contribution >= 4 is 11.8 Å². The van der Waals surface area contributed by atoms with Crippen LogP contribution < -0.4 is 5.32 Å². The summed E-state index contributed by atoms with van der Waals surface area (Å²) in [6.45, 7) is 3.84. The predicted octanol–water partition coefficient (Wildman–Crippen LogP) is 1.24. The van der Waals surface area contributed by atoms with Gasteiger partial charge in [-0.1, -0.05) is 5.16 Å². The molecule has 3 heterocycles. The molecule has 0 aliphatic carbocycles. The van der Waals surface area contributed by atoms with Crippen LogP contribution in [-0.4, -0.2) is 57.2 Å². The summed E-state index contributed by atoms with van der Waals surface area (Å²) in [4.78, 5) is 20.8.